The molecule has 9 heteroatoms. The molecule has 0 saturated heterocycles. The fraction of sp³-hybridized carbons (Fsp3) is 1.00. The summed E-state index contributed by atoms with van der Waals surface area (Å²) in [5.41, 5.74) is -1.02. The summed E-state index contributed by atoms with van der Waals surface area (Å²) in [6.07, 6.45) is 5.13. The average Bonchev–Trinajstić information content (AvgIpc) is 2.99. The van der Waals surface area contributed by atoms with Gasteiger partial charge in [-0.15, -0.1) is 0 Å². The molecule has 48 heavy (non-hydrogen) atoms. The summed E-state index contributed by atoms with van der Waals surface area (Å²) in [6, 6.07) is 0.403. The second-order valence-electron chi connectivity index (χ2n) is 15.7. The molecule has 0 aliphatic carbocycles. The van der Waals surface area contributed by atoms with Crippen LogP contribution in [0.2, 0.25) is 0 Å². The molecule has 0 rings (SSSR count). The molecule has 290 valence electrons. The molecule has 0 heterocycles. The normalized spacial score (nSPS) is 18.4. The van der Waals surface area contributed by atoms with Crippen LogP contribution >= 0.6 is 0 Å². The van der Waals surface area contributed by atoms with Crippen LogP contribution in [0.4, 0.5) is 0 Å². The van der Waals surface area contributed by atoms with Crippen molar-refractivity contribution in [2.45, 2.75) is 215 Å². The Kier molecular flexibility index (Phi) is 25.4. The van der Waals surface area contributed by atoms with Crippen LogP contribution < -0.4 is 5.32 Å². The third-order valence-corrected chi connectivity index (χ3v) is 8.07. The number of nitrogens with one attached hydrogen (secondary N) is 1. The summed E-state index contributed by atoms with van der Waals surface area (Å²) in [5.74, 6) is 0. The van der Waals surface area contributed by atoms with Gasteiger partial charge in [0.2, 0.25) is 0 Å². The summed E-state index contributed by atoms with van der Waals surface area (Å²) in [5, 5.41) is 3.49. The molecule has 0 spiro atoms. The monoisotopic (exact) mass is 692 g/mol. The van der Waals surface area contributed by atoms with Crippen LogP contribution in [0.1, 0.15) is 143 Å². The zero-order valence-corrected chi connectivity index (χ0v) is 34.3. The van der Waals surface area contributed by atoms with E-state index < -0.39 is 11.2 Å². The first-order valence-corrected chi connectivity index (χ1v) is 19.1. The molecular weight excluding hydrogens is 610 g/mol. The standard InChI is InChI=1S/C39H81NO8/c1-17-39(26-43-31(8)9,27-45-34(13)18-20-35(14)46-37(22-40-28(2)3)23-41-29(4)5)48-36(15)21-19-33(12)44-25-38(16,47-32(10)11)24-42-30(6)7/h28-37,40H,17-27H2,1-16H3. The van der Waals surface area contributed by atoms with Crippen molar-refractivity contribution in [2.24, 2.45) is 0 Å². The van der Waals surface area contributed by atoms with E-state index in [9.17, 15) is 0 Å². The molecule has 0 aliphatic rings. The average molecular weight is 692 g/mol. The van der Waals surface area contributed by atoms with Gasteiger partial charge in [-0.05, 0) is 122 Å². The number of hydrogen-bond donors (Lipinski definition) is 1. The molecule has 1 N–H and O–H groups in total. The Labute approximate surface area is 297 Å². The maximum atomic E-state index is 6.78. The van der Waals surface area contributed by atoms with Crippen molar-refractivity contribution in [3.63, 3.8) is 0 Å². The van der Waals surface area contributed by atoms with Crippen molar-refractivity contribution in [2.75, 3.05) is 39.6 Å². The predicted octanol–water partition coefficient (Wildman–Crippen LogP) is 8.14. The maximum absolute atomic E-state index is 6.78. The van der Waals surface area contributed by atoms with Crippen LogP contribution in [0.15, 0.2) is 0 Å². The van der Waals surface area contributed by atoms with E-state index in [1.165, 1.54) is 0 Å². The van der Waals surface area contributed by atoms with Gasteiger partial charge in [0.05, 0.1) is 88.0 Å². The molecule has 7 unspecified atom stereocenters. The fourth-order valence-electron chi connectivity index (χ4n) is 5.15. The first-order chi connectivity index (χ1) is 22.3. The van der Waals surface area contributed by atoms with Gasteiger partial charge in [-0.2, -0.15) is 0 Å². The second kappa shape index (κ2) is 25.6. The van der Waals surface area contributed by atoms with Gasteiger partial charge in [-0.25, -0.2) is 0 Å². The minimum absolute atomic E-state index is 0.0155. The lowest BCUT2D eigenvalue weighted by Crippen LogP contribution is -2.46. The lowest BCUT2D eigenvalue weighted by molar-refractivity contribution is -0.180. The Balaban J connectivity index is 5.09. The minimum atomic E-state index is -0.524. The van der Waals surface area contributed by atoms with E-state index in [1.54, 1.807) is 0 Å². The first kappa shape index (κ1) is 47.6. The summed E-state index contributed by atoms with van der Waals surface area (Å²) in [7, 11) is 0. The molecule has 0 aromatic rings. The van der Waals surface area contributed by atoms with Crippen LogP contribution in [-0.2, 0) is 37.9 Å². The van der Waals surface area contributed by atoms with Gasteiger partial charge in [0.25, 0.3) is 0 Å². The van der Waals surface area contributed by atoms with Crippen molar-refractivity contribution >= 4 is 0 Å². The molecule has 0 aromatic carbocycles. The quantitative estimate of drug-likeness (QED) is 0.0774. The minimum Gasteiger partial charge on any atom is -0.376 e. The Hall–Kier alpha value is -0.360. The van der Waals surface area contributed by atoms with Gasteiger partial charge >= 0.3 is 0 Å². The van der Waals surface area contributed by atoms with Crippen LogP contribution in [0, 0.1) is 0 Å². The van der Waals surface area contributed by atoms with Crippen molar-refractivity contribution in [1.29, 1.82) is 0 Å². The highest BCUT2D eigenvalue weighted by molar-refractivity contribution is 4.82. The van der Waals surface area contributed by atoms with E-state index in [0.29, 0.717) is 39.1 Å². The molecule has 7 atom stereocenters. The summed E-state index contributed by atoms with van der Waals surface area (Å²) in [6.45, 7) is 36.8. The SMILES string of the molecule is CCC(COC(C)C)(COC(C)CCC(C)OC(CNC(C)C)COC(C)C)OC(C)CCC(C)OCC(C)(COC(C)C)OC(C)C. The van der Waals surface area contributed by atoms with Crippen molar-refractivity contribution in [3.8, 4) is 0 Å². The Bertz CT molecular complexity index is 754. The largest absolute Gasteiger partial charge is 0.376 e. The second-order valence-corrected chi connectivity index (χ2v) is 15.7. The van der Waals surface area contributed by atoms with Crippen molar-refractivity contribution < 1.29 is 37.9 Å². The van der Waals surface area contributed by atoms with Crippen LogP contribution in [0.25, 0.3) is 0 Å². The molecule has 0 aromatic heterocycles. The topological polar surface area (TPSA) is 85.9 Å². The van der Waals surface area contributed by atoms with Crippen molar-refractivity contribution in [1.82, 2.24) is 5.32 Å². The summed E-state index contributed by atoms with van der Waals surface area (Å²) < 4.78 is 50.0. The Morgan fingerprint density at radius 1 is 0.500 bits per heavy atom. The first-order valence-electron chi connectivity index (χ1n) is 19.1. The van der Waals surface area contributed by atoms with E-state index in [2.05, 4.69) is 88.4 Å². The van der Waals surface area contributed by atoms with E-state index in [4.69, 9.17) is 37.9 Å². The van der Waals surface area contributed by atoms with Crippen LogP contribution in [0.5, 0.6) is 0 Å². The van der Waals surface area contributed by atoms with Crippen molar-refractivity contribution in [3.05, 3.63) is 0 Å². The molecule has 0 fully saturated rings. The third kappa shape index (κ3) is 24.7. The van der Waals surface area contributed by atoms with Gasteiger partial charge in [0.1, 0.15) is 11.2 Å². The van der Waals surface area contributed by atoms with Gasteiger partial charge < -0.3 is 43.2 Å². The summed E-state index contributed by atoms with van der Waals surface area (Å²) in [4.78, 5) is 0. The Morgan fingerprint density at radius 2 is 0.958 bits per heavy atom. The molecule has 9 nitrogen and oxygen atoms in total. The highest BCUT2D eigenvalue weighted by Gasteiger charge is 2.34. The third-order valence-electron chi connectivity index (χ3n) is 8.07. The van der Waals surface area contributed by atoms with Gasteiger partial charge in [-0.1, -0.05) is 20.8 Å². The van der Waals surface area contributed by atoms with Crippen LogP contribution in [-0.4, -0.2) is 112 Å². The summed E-state index contributed by atoms with van der Waals surface area (Å²) >= 11 is 0. The fourth-order valence-corrected chi connectivity index (χ4v) is 5.15. The molecule has 0 aliphatic heterocycles. The number of hydrogen-bond acceptors (Lipinski definition) is 9. The van der Waals surface area contributed by atoms with E-state index >= 15 is 0 Å². The zero-order valence-electron chi connectivity index (χ0n) is 34.3. The molecule has 0 saturated carbocycles. The van der Waals surface area contributed by atoms with E-state index in [0.717, 1.165) is 38.6 Å². The lowest BCUT2D eigenvalue weighted by Gasteiger charge is -2.37. The molecule has 0 amide bonds. The molecule has 0 radical (unpaired) electrons. The van der Waals surface area contributed by atoms with Crippen LogP contribution in [0.3, 0.4) is 0 Å². The number of ether oxygens (including phenoxy) is 8. The van der Waals surface area contributed by atoms with Gasteiger partial charge in [0.15, 0.2) is 0 Å². The lowest BCUT2D eigenvalue weighted by atomic mass is 10.0. The zero-order chi connectivity index (χ0) is 36.9. The van der Waals surface area contributed by atoms with E-state index in [-0.39, 0.29) is 54.9 Å². The number of rotatable bonds is 31. The van der Waals surface area contributed by atoms with Gasteiger partial charge in [-0.3, -0.25) is 0 Å². The smallest absolute Gasteiger partial charge is 0.115 e. The maximum Gasteiger partial charge on any atom is 0.115 e. The molecular formula is C39H81NO8. The highest BCUT2D eigenvalue weighted by Crippen LogP contribution is 2.25. The van der Waals surface area contributed by atoms with E-state index in [1.807, 2.05) is 27.7 Å². The Morgan fingerprint density at radius 3 is 1.46 bits per heavy atom. The predicted molar refractivity (Wildman–Crippen MR) is 198 cm³/mol. The van der Waals surface area contributed by atoms with Gasteiger partial charge in [0, 0.05) is 12.6 Å². The highest BCUT2D eigenvalue weighted by atomic mass is 16.6. The molecule has 0 bridgehead atoms.